The van der Waals surface area contributed by atoms with Gasteiger partial charge in [-0.3, -0.25) is 4.79 Å². The minimum atomic E-state index is 0.0867. The molecular formula is C10H20N2O2. The van der Waals surface area contributed by atoms with E-state index in [1.165, 1.54) is 0 Å². The fraction of sp³-hybridized carbons (Fsp3) is 0.900. The number of methoxy groups -OCH3 is 1. The highest BCUT2D eigenvalue weighted by atomic mass is 16.5. The van der Waals surface area contributed by atoms with Crippen LogP contribution in [0.4, 0.5) is 0 Å². The SMILES string of the molecule is COC(C)CNC(=O)C1CNCC1C. The number of rotatable bonds is 4. The average Bonchev–Trinajstić information content (AvgIpc) is 2.60. The van der Waals surface area contributed by atoms with Gasteiger partial charge in [-0.15, -0.1) is 0 Å². The first kappa shape index (κ1) is 11.5. The quantitative estimate of drug-likeness (QED) is 0.671. The van der Waals surface area contributed by atoms with Gasteiger partial charge in [-0.25, -0.2) is 0 Å². The molecule has 0 aliphatic carbocycles. The van der Waals surface area contributed by atoms with Crippen LogP contribution in [-0.4, -0.2) is 38.8 Å². The van der Waals surface area contributed by atoms with Gasteiger partial charge in [0.2, 0.25) is 5.91 Å². The van der Waals surface area contributed by atoms with Gasteiger partial charge in [0.05, 0.1) is 12.0 Å². The van der Waals surface area contributed by atoms with Crippen LogP contribution >= 0.6 is 0 Å². The molecule has 0 saturated carbocycles. The fourth-order valence-electron chi connectivity index (χ4n) is 1.62. The number of hydrogen-bond donors (Lipinski definition) is 2. The van der Waals surface area contributed by atoms with Crippen molar-refractivity contribution in [2.24, 2.45) is 11.8 Å². The minimum absolute atomic E-state index is 0.0867. The Balaban J connectivity index is 2.27. The van der Waals surface area contributed by atoms with Gasteiger partial charge in [-0.1, -0.05) is 6.92 Å². The highest BCUT2D eigenvalue weighted by Crippen LogP contribution is 2.15. The van der Waals surface area contributed by atoms with Crippen LogP contribution in [0, 0.1) is 11.8 Å². The molecule has 14 heavy (non-hydrogen) atoms. The van der Waals surface area contributed by atoms with Gasteiger partial charge >= 0.3 is 0 Å². The van der Waals surface area contributed by atoms with Crippen molar-refractivity contribution in [2.75, 3.05) is 26.7 Å². The topological polar surface area (TPSA) is 50.4 Å². The van der Waals surface area contributed by atoms with Crippen molar-refractivity contribution in [1.29, 1.82) is 0 Å². The molecule has 1 aliphatic rings. The summed E-state index contributed by atoms with van der Waals surface area (Å²) in [5.41, 5.74) is 0. The van der Waals surface area contributed by atoms with Gasteiger partial charge in [0.25, 0.3) is 0 Å². The lowest BCUT2D eigenvalue weighted by Crippen LogP contribution is -2.38. The second-order valence-corrected chi connectivity index (χ2v) is 4.03. The summed E-state index contributed by atoms with van der Waals surface area (Å²) in [5, 5.41) is 6.11. The van der Waals surface area contributed by atoms with Gasteiger partial charge in [0.15, 0.2) is 0 Å². The van der Waals surface area contributed by atoms with E-state index >= 15 is 0 Å². The first-order chi connectivity index (χ1) is 6.65. The monoisotopic (exact) mass is 200 g/mol. The Kier molecular flexibility index (Phi) is 4.35. The van der Waals surface area contributed by atoms with Crippen molar-refractivity contribution in [3.05, 3.63) is 0 Å². The molecule has 4 heteroatoms. The minimum Gasteiger partial charge on any atom is -0.380 e. The molecule has 0 bridgehead atoms. The molecule has 1 heterocycles. The predicted molar refractivity (Wildman–Crippen MR) is 55.0 cm³/mol. The maximum absolute atomic E-state index is 11.7. The standard InChI is InChI=1S/C10H20N2O2/c1-7-4-11-6-9(7)10(13)12-5-8(2)14-3/h7-9,11H,4-6H2,1-3H3,(H,12,13). The van der Waals surface area contributed by atoms with Crippen LogP contribution in [0.5, 0.6) is 0 Å². The highest BCUT2D eigenvalue weighted by Gasteiger charge is 2.29. The molecule has 0 spiro atoms. The molecular weight excluding hydrogens is 180 g/mol. The van der Waals surface area contributed by atoms with E-state index in [1.807, 2.05) is 6.92 Å². The van der Waals surface area contributed by atoms with Crippen molar-refractivity contribution in [3.63, 3.8) is 0 Å². The second kappa shape index (κ2) is 5.32. The zero-order valence-electron chi connectivity index (χ0n) is 9.17. The third-order valence-electron chi connectivity index (χ3n) is 2.82. The van der Waals surface area contributed by atoms with Crippen molar-refractivity contribution < 1.29 is 9.53 Å². The third kappa shape index (κ3) is 2.96. The Morgan fingerprint density at radius 2 is 2.36 bits per heavy atom. The lowest BCUT2D eigenvalue weighted by Gasteiger charge is -2.16. The van der Waals surface area contributed by atoms with E-state index in [0.29, 0.717) is 12.5 Å². The first-order valence-electron chi connectivity index (χ1n) is 5.16. The van der Waals surface area contributed by atoms with E-state index in [0.717, 1.165) is 13.1 Å². The van der Waals surface area contributed by atoms with Crippen LogP contribution in [0.3, 0.4) is 0 Å². The molecule has 4 nitrogen and oxygen atoms in total. The zero-order valence-corrected chi connectivity index (χ0v) is 9.17. The van der Waals surface area contributed by atoms with Gasteiger partial charge in [-0.2, -0.15) is 0 Å². The maximum Gasteiger partial charge on any atom is 0.224 e. The molecule has 0 aromatic heterocycles. The van der Waals surface area contributed by atoms with Gasteiger partial charge in [0.1, 0.15) is 0 Å². The third-order valence-corrected chi connectivity index (χ3v) is 2.82. The van der Waals surface area contributed by atoms with Crippen LogP contribution in [-0.2, 0) is 9.53 Å². The Morgan fingerprint density at radius 1 is 1.64 bits per heavy atom. The van der Waals surface area contributed by atoms with E-state index in [1.54, 1.807) is 7.11 Å². The molecule has 3 unspecified atom stereocenters. The number of carbonyl (C=O) groups is 1. The fourth-order valence-corrected chi connectivity index (χ4v) is 1.62. The zero-order chi connectivity index (χ0) is 10.6. The molecule has 1 saturated heterocycles. The van der Waals surface area contributed by atoms with Gasteiger partial charge in [-0.05, 0) is 19.4 Å². The number of carbonyl (C=O) groups excluding carboxylic acids is 1. The Labute approximate surface area is 85.4 Å². The number of ether oxygens (including phenoxy) is 1. The Bertz CT molecular complexity index is 197. The highest BCUT2D eigenvalue weighted by molar-refractivity contribution is 5.79. The van der Waals surface area contributed by atoms with Crippen molar-refractivity contribution in [3.8, 4) is 0 Å². The lowest BCUT2D eigenvalue weighted by atomic mass is 9.97. The Morgan fingerprint density at radius 3 is 2.86 bits per heavy atom. The summed E-state index contributed by atoms with van der Waals surface area (Å²) in [6, 6.07) is 0. The summed E-state index contributed by atoms with van der Waals surface area (Å²) in [5.74, 6) is 0.707. The van der Waals surface area contributed by atoms with Crippen LogP contribution < -0.4 is 10.6 Å². The van der Waals surface area contributed by atoms with Crippen LogP contribution in [0.1, 0.15) is 13.8 Å². The van der Waals surface area contributed by atoms with Crippen molar-refractivity contribution in [1.82, 2.24) is 10.6 Å². The Hall–Kier alpha value is -0.610. The number of nitrogens with one attached hydrogen (secondary N) is 2. The summed E-state index contributed by atoms with van der Waals surface area (Å²) in [4.78, 5) is 11.7. The second-order valence-electron chi connectivity index (χ2n) is 4.03. The molecule has 82 valence electrons. The maximum atomic E-state index is 11.7. The first-order valence-corrected chi connectivity index (χ1v) is 5.16. The van der Waals surface area contributed by atoms with E-state index in [4.69, 9.17) is 4.74 Å². The predicted octanol–water partition coefficient (Wildman–Crippen LogP) is -0.00700. The van der Waals surface area contributed by atoms with Crippen LogP contribution in [0.25, 0.3) is 0 Å². The molecule has 1 aliphatic heterocycles. The van der Waals surface area contributed by atoms with Gasteiger partial charge in [0, 0.05) is 20.2 Å². The van der Waals surface area contributed by atoms with Crippen molar-refractivity contribution in [2.45, 2.75) is 20.0 Å². The number of hydrogen-bond acceptors (Lipinski definition) is 3. The molecule has 1 amide bonds. The normalized spacial score (nSPS) is 28.8. The lowest BCUT2D eigenvalue weighted by molar-refractivity contribution is -0.125. The smallest absolute Gasteiger partial charge is 0.224 e. The molecule has 1 fully saturated rings. The van der Waals surface area contributed by atoms with E-state index < -0.39 is 0 Å². The molecule has 2 N–H and O–H groups in total. The van der Waals surface area contributed by atoms with E-state index in [-0.39, 0.29) is 17.9 Å². The molecule has 0 aromatic rings. The summed E-state index contributed by atoms with van der Waals surface area (Å²) < 4.78 is 5.06. The summed E-state index contributed by atoms with van der Waals surface area (Å²) in [6.45, 7) is 6.38. The molecule has 0 radical (unpaired) electrons. The van der Waals surface area contributed by atoms with Crippen molar-refractivity contribution >= 4 is 5.91 Å². The summed E-state index contributed by atoms with van der Waals surface area (Å²) >= 11 is 0. The van der Waals surface area contributed by atoms with Crippen LogP contribution in [0.15, 0.2) is 0 Å². The van der Waals surface area contributed by atoms with E-state index in [2.05, 4.69) is 17.6 Å². The average molecular weight is 200 g/mol. The number of amides is 1. The molecule has 1 rings (SSSR count). The summed E-state index contributed by atoms with van der Waals surface area (Å²) in [7, 11) is 1.65. The molecule has 0 aromatic carbocycles. The summed E-state index contributed by atoms with van der Waals surface area (Å²) in [6.07, 6.45) is 0.0867. The largest absolute Gasteiger partial charge is 0.380 e. The molecule has 3 atom stereocenters. The van der Waals surface area contributed by atoms with E-state index in [9.17, 15) is 4.79 Å². The van der Waals surface area contributed by atoms with Gasteiger partial charge < -0.3 is 15.4 Å². The van der Waals surface area contributed by atoms with Crippen LogP contribution in [0.2, 0.25) is 0 Å².